The third-order valence-corrected chi connectivity index (χ3v) is 5.58. The van der Waals surface area contributed by atoms with Crippen LogP contribution in [-0.4, -0.2) is 59.3 Å². The number of carbonyl (C=O) groups excluding carboxylic acids is 4. The summed E-state index contributed by atoms with van der Waals surface area (Å²) in [6.07, 6.45) is 9.27. The summed E-state index contributed by atoms with van der Waals surface area (Å²) in [5.74, 6) is -2.23. The maximum absolute atomic E-state index is 13.4. The number of furan rings is 1. The Bertz CT molecular complexity index is 957. The van der Waals surface area contributed by atoms with Crippen LogP contribution in [0.2, 0.25) is 0 Å². The van der Waals surface area contributed by atoms with E-state index in [0.29, 0.717) is 5.56 Å². The lowest BCUT2D eigenvalue weighted by Crippen LogP contribution is -2.51. The van der Waals surface area contributed by atoms with Crippen molar-refractivity contribution in [3.8, 4) is 0 Å². The van der Waals surface area contributed by atoms with Crippen molar-refractivity contribution < 1.29 is 28.3 Å². The van der Waals surface area contributed by atoms with Gasteiger partial charge in [-0.25, -0.2) is 0 Å². The van der Waals surface area contributed by atoms with Crippen LogP contribution in [0.5, 0.6) is 0 Å². The van der Waals surface area contributed by atoms with E-state index in [2.05, 4.69) is 15.6 Å². The Labute approximate surface area is 198 Å². The zero-order valence-electron chi connectivity index (χ0n) is 19.2. The summed E-state index contributed by atoms with van der Waals surface area (Å²) < 4.78 is 10.1. The van der Waals surface area contributed by atoms with E-state index in [1.807, 2.05) is 0 Å². The van der Waals surface area contributed by atoms with Crippen LogP contribution < -0.4 is 10.6 Å². The Morgan fingerprint density at radius 3 is 2.62 bits per heavy atom. The molecular weight excluding hydrogens is 440 g/mol. The minimum absolute atomic E-state index is 0.00128. The fourth-order valence-electron chi connectivity index (χ4n) is 3.96. The molecule has 1 atom stereocenters. The third-order valence-electron chi connectivity index (χ3n) is 5.58. The number of nitrogens with one attached hydrogen (secondary N) is 2. The van der Waals surface area contributed by atoms with Gasteiger partial charge >= 0.3 is 5.97 Å². The minimum Gasteiger partial charge on any atom is -0.465 e. The summed E-state index contributed by atoms with van der Waals surface area (Å²) in [5.41, 5.74) is 0.450. The molecule has 3 amide bonds. The van der Waals surface area contributed by atoms with E-state index in [0.717, 1.165) is 37.0 Å². The zero-order valence-corrected chi connectivity index (χ0v) is 19.2. The largest absolute Gasteiger partial charge is 0.465 e. The highest BCUT2D eigenvalue weighted by Gasteiger charge is 2.34. The van der Waals surface area contributed by atoms with Gasteiger partial charge in [-0.3, -0.25) is 24.2 Å². The molecule has 0 aliphatic heterocycles. The summed E-state index contributed by atoms with van der Waals surface area (Å²) in [6.45, 7) is 0.886. The molecule has 0 spiro atoms. The Hall–Kier alpha value is -3.69. The number of aromatic nitrogens is 1. The molecule has 10 nitrogen and oxygen atoms in total. The van der Waals surface area contributed by atoms with Crippen molar-refractivity contribution in [2.24, 2.45) is 0 Å². The van der Waals surface area contributed by atoms with Gasteiger partial charge in [0, 0.05) is 24.0 Å². The second-order valence-electron chi connectivity index (χ2n) is 8.02. The summed E-state index contributed by atoms with van der Waals surface area (Å²) in [7, 11) is 0. The number of rotatable bonds is 10. The molecule has 0 bridgehead atoms. The first kappa shape index (κ1) is 24.9. The molecule has 1 aliphatic rings. The van der Waals surface area contributed by atoms with Crippen molar-refractivity contribution in [3.05, 3.63) is 54.2 Å². The molecule has 1 saturated carbocycles. The van der Waals surface area contributed by atoms with Crippen molar-refractivity contribution in [2.45, 2.75) is 51.1 Å². The first-order valence-electron chi connectivity index (χ1n) is 11.5. The number of amides is 3. The van der Waals surface area contributed by atoms with Gasteiger partial charge in [0.2, 0.25) is 11.8 Å². The van der Waals surface area contributed by atoms with E-state index in [9.17, 15) is 19.2 Å². The standard InChI is InChI=1S/C24H30N4O6/c1-2-33-21(30)16-28(20(29)15-26-23(31)19-11-7-13-34-19)22(17-8-6-12-25-14-17)24(32)27-18-9-4-3-5-10-18/h6-8,11-14,18,22H,2-5,9-10,15-16H2,1H3,(H,26,31)(H,27,32). The molecule has 0 aromatic carbocycles. The number of carbonyl (C=O) groups is 4. The van der Waals surface area contributed by atoms with Gasteiger partial charge in [0.05, 0.1) is 19.4 Å². The number of nitrogens with zero attached hydrogens (tertiary/aromatic N) is 2. The Kier molecular flexibility index (Phi) is 9.19. The first-order valence-corrected chi connectivity index (χ1v) is 11.5. The van der Waals surface area contributed by atoms with Crippen LogP contribution in [0.15, 0.2) is 47.3 Å². The Morgan fingerprint density at radius 2 is 1.97 bits per heavy atom. The van der Waals surface area contributed by atoms with Crippen LogP contribution in [0.3, 0.4) is 0 Å². The lowest BCUT2D eigenvalue weighted by Gasteiger charge is -2.32. The summed E-state index contributed by atoms with van der Waals surface area (Å²) in [4.78, 5) is 56.5. The van der Waals surface area contributed by atoms with Crippen LogP contribution in [-0.2, 0) is 19.1 Å². The molecule has 1 fully saturated rings. The zero-order chi connectivity index (χ0) is 24.3. The van der Waals surface area contributed by atoms with Crippen molar-refractivity contribution in [1.29, 1.82) is 0 Å². The smallest absolute Gasteiger partial charge is 0.325 e. The number of hydrogen-bond acceptors (Lipinski definition) is 7. The molecule has 1 aliphatic carbocycles. The van der Waals surface area contributed by atoms with Gasteiger partial charge in [0.25, 0.3) is 5.91 Å². The van der Waals surface area contributed by atoms with Crippen LogP contribution in [0.4, 0.5) is 0 Å². The molecule has 10 heteroatoms. The normalized spacial score (nSPS) is 14.6. The number of hydrogen-bond donors (Lipinski definition) is 2. The average Bonchev–Trinajstić information content (AvgIpc) is 3.39. The van der Waals surface area contributed by atoms with Crippen LogP contribution in [0, 0.1) is 0 Å². The lowest BCUT2D eigenvalue weighted by molar-refractivity contribution is -0.152. The highest BCUT2D eigenvalue weighted by Crippen LogP contribution is 2.23. The lowest BCUT2D eigenvalue weighted by atomic mass is 9.95. The predicted molar refractivity (Wildman–Crippen MR) is 121 cm³/mol. The Morgan fingerprint density at radius 1 is 1.18 bits per heavy atom. The van der Waals surface area contributed by atoms with Gasteiger partial charge in [-0.2, -0.15) is 0 Å². The van der Waals surface area contributed by atoms with E-state index < -0.39 is 42.8 Å². The molecule has 0 radical (unpaired) electrons. The highest BCUT2D eigenvalue weighted by atomic mass is 16.5. The molecule has 2 N–H and O–H groups in total. The van der Waals surface area contributed by atoms with Crippen molar-refractivity contribution in [2.75, 3.05) is 19.7 Å². The van der Waals surface area contributed by atoms with Crippen LogP contribution >= 0.6 is 0 Å². The van der Waals surface area contributed by atoms with E-state index >= 15 is 0 Å². The fraction of sp³-hybridized carbons (Fsp3) is 0.458. The SMILES string of the molecule is CCOC(=O)CN(C(=O)CNC(=O)c1ccco1)C(C(=O)NC1CCCCC1)c1cccnc1. The summed E-state index contributed by atoms with van der Waals surface area (Å²) >= 11 is 0. The van der Waals surface area contributed by atoms with Gasteiger partial charge in [0.15, 0.2) is 5.76 Å². The van der Waals surface area contributed by atoms with E-state index in [4.69, 9.17) is 9.15 Å². The second-order valence-corrected chi connectivity index (χ2v) is 8.02. The van der Waals surface area contributed by atoms with Gasteiger partial charge in [-0.05, 0) is 38.0 Å². The minimum atomic E-state index is -1.12. The molecule has 0 saturated heterocycles. The van der Waals surface area contributed by atoms with E-state index in [1.54, 1.807) is 31.3 Å². The van der Waals surface area contributed by atoms with Crippen LogP contribution in [0.1, 0.15) is 61.2 Å². The van der Waals surface area contributed by atoms with Crippen molar-refractivity contribution in [1.82, 2.24) is 20.5 Å². The van der Waals surface area contributed by atoms with Crippen molar-refractivity contribution in [3.63, 3.8) is 0 Å². The molecule has 2 aromatic rings. The number of pyridine rings is 1. The summed E-state index contributed by atoms with van der Waals surface area (Å²) in [6, 6.07) is 5.23. The fourth-order valence-corrected chi connectivity index (χ4v) is 3.96. The van der Waals surface area contributed by atoms with Gasteiger partial charge in [-0.15, -0.1) is 0 Å². The Balaban J connectivity index is 1.83. The number of ether oxygens (including phenoxy) is 1. The quantitative estimate of drug-likeness (QED) is 0.508. The second kappa shape index (κ2) is 12.5. The molecule has 1 unspecified atom stereocenters. The molecule has 2 heterocycles. The third kappa shape index (κ3) is 6.90. The summed E-state index contributed by atoms with van der Waals surface area (Å²) in [5, 5.41) is 5.50. The molecule has 182 valence electrons. The molecule has 3 rings (SSSR count). The van der Waals surface area contributed by atoms with Crippen molar-refractivity contribution >= 4 is 23.7 Å². The van der Waals surface area contributed by atoms with Gasteiger partial charge < -0.3 is 24.7 Å². The maximum atomic E-state index is 13.4. The maximum Gasteiger partial charge on any atom is 0.325 e. The molecular formula is C24H30N4O6. The molecule has 2 aromatic heterocycles. The first-order chi connectivity index (χ1) is 16.5. The monoisotopic (exact) mass is 470 g/mol. The molecule has 34 heavy (non-hydrogen) atoms. The predicted octanol–water partition coefficient (Wildman–Crippen LogP) is 1.99. The van der Waals surface area contributed by atoms with Gasteiger partial charge in [0.1, 0.15) is 12.6 Å². The number of esters is 1. The highest BCUT2D eigenvalue weighted by molar-refractivity contribution is 5.96. The van der Waals surface area contributed by atoms with Gasteiger partial charge in [-0.1, -0.05) is 25.3 Å². The topological polar surface area (TPSA) is 131 Å². The average molecular weight is 471 g/mol. The van der Waals surface area contributed by atoms with E-state index in [-0.39, 0.29) is 18.4 Å². The van der Waals surface area contributed by atoms with Crippen LogP contribution in [0.25, 0.3) is 0 Å². The van der Waals surface area contributed by atoms with E-state index in [1.165, 1.54) is 18.5 Å².